The van der Waals surface area contributed by atoms with Crippen molar-refractivity contribution in [3.63, 3.8) is 0 Å². The van der Waals surface area contributed by atoms with Crippen LogP contribution < -0.4 is 4.90 Å². The molecule has 0 radical (unpaired) electrons. The van der Waals surface area contributed by atoms with E-state index in [1.165, 1.54) is 26.0 Å². The monoisotopic (exact) mass is 513 g/mol. The van der Waals surface area contributed by atoms with Crippen molar-refractivity contribution in [3.8, 4) is 0 Å². The molecule has 0 spiro atoms. The number of carbonyl (C=O) groups excluding carboxylic acids is 2. The van der Waals surface area contributed by atoms with Gasteiger partial charge in [0.25, 0.3) is 0 Å². The molecule has 4 aromatic rings. The van der Waals surface area contributed by atoms with E-state index < -0.39 is 16.7 Å². The SMILES string of the molecule is COC(=O)C(CC(c1ccc2ccccc2c1)N(C)c1ccc(C)cc1)(Sc1ccccc1)C(=O)OC. The summed E-state index contributed by atoms with van der Waals surface area (Å²) < 4.78 is 8.86. The van der Waals surface area contributed by atoms with Crippen LogP contribution in [0.1, 0.15) is 23.6 Å². The molecule has 0 aliphatic rings. The van der Waals surface area contributed by atoms with Crippen LogP contribution in [0.3, 0.4) is 0 Å². The first-order valence-electron chi connectivity index (χ1n) is 12.1. The van der Waals surface area contributed by atoms with Crippen LogP contribution in [0.4, 0.5) is 5.69 Å². The molecule has 4 rings (SSSR count). The molecule has 37 heavy (non-hydrogen) atoms. The highest BCUT2D eigenvalue weighted by Gasteiger charge is 2.52. The molecule has 5 nitrogen and oxygen atoms in total. The summed E-state index contributed by atoms with van der Waals surface area (Å²) >= 11 is 1.17. The molecule has 190 valence electrons. The van der Waals surface area contributed by atoms with Gasteiger partial charge in [-0.3, -0.25) is 0 Å². The molecule has 0 saturated carbocycles. The number of esters is 2. The standard InChI is InChI=1S/C31H31NO4S/c1-22-14-18-26(19-15-22)32(2)28(25-17-16-23-10-8-9-11-24(23)20-25)21-31(29(33)35-3,30(34)36-4)37-27-12-6-5-7-13-27/h5-20,28H,21H2,1-4H3. The van der Waals surface area contributed by atoms with Gasteiger partial charge in [0.05, 0.1) is 20.3 Å². The smallest absolute Gasteiger partial charge is 0.334 e. The lowest BCUT2D eigenvalue weighted by atomic mass is 9.91. The zero-order valence-corrected chi connectivity index (χ0v) is 22.3. The predicted molar refractivity (Wildman–Crippen MR) is 150 cm³/mol. The number of anilines is 1. The maximum absolute atomic E-state index is 13.5. The van der Waals surface area contributed by atoms with Gasteiger partial charge in [0.15, 0.2) is 0 Å². The van der Waals surface area contributed by atoms with Gasteiger partial charge >= 0.3 is 11.9 Å². The van der Waals surface area contributed by atoms with Crippen molar-refractivity contribution in [3.05, 3.63) is 108 Å². The van der Waals surface area contributed by atoms with Gasteiger partial charge in [-0.2, -0.15) is 0 Å². The molecule has 6 heteroatoms. The maximum atomic E-state index is 13.5. The van der Waals surface area contributed by atoms with Gasteiger partial charge in [-0.1, -0.05) is 84.1 Å². The Morgan fingerprint density at radius 3 is 2.03 bits per heavy atom. The van der Waals surface area contributed by atoms with Crippen LogP contribution >= 0.6 is 11.8 Å². The third-order valence-corrected chi connectivity index (χ3v) is 7.97. The van der Waals surface area contributed by atoms with Gasteiger partial charge in [0, 0.05) is 24.1 Å². The van der Waals surface area contributed by atoms with Crippen molar-refractivity contribution in [2.24, 2.45) is 0 Å². The van der Waals surface area contributed by atoms with E-state index in [9.17, 15) is 9.59 Å². The van der Waals surface area contributed by atoms with Crippen molar-refractivity contribution in [2.45, 2.75) is 29.0 Å². The fourth-order valence-corrected chi connectivity index (χ4v) is 5.79. The third-order valence-electron chi connectivity index (χ3n) is 6.61. The second kappa shape index (κ2) is 11.5. The number of benzene rings is 4. The number of ether oxygens (including phenoxy) is 2. The Kier molecular flexibility index (Phi) is 8.19. The van der Waals surface area contributed by atoms with Crippen molar-refractivity contribution in [1.82, 2.24) is 0 Å². The van der Waals surface area contributed by atoms with Crippen LogP contribution in [0.25, 0.3) is 10.8 Å². The van der Waals surface area contributed by atoms with E-state index in [1.54, 1.807) is 0 Å². The van der Waals surface area contributed by atoms with E-state index >= 15 is 0 Å². The van der Waals surface area contributed by atoms with Crippen molar-refractivity contribution in [2.75, 3.05) is 26.2 Å². The fourth-order valence-electron chi connectivity index (χ4n) is 4.52. The summed E-state index contributed by atoms with van der Waals surface area (Å²) in [4.78, 5) is 29.8. The highest BCUT2D eigenvalue weighted by Crippen LogP contribution is 2.44. The maximum Gasteiger partial charge on any atom is 0.334 e. The summed E-state index contributed by atoms with van der Waals surface area (Å²) in [5, 5.41) is 2.20. The lowest BCUT2D eigenvalue weighted by molar-refractivity contribution is -0.156. The molecular formula is C31H31NO4S. The summed E-state index contributed by atoms with van der Waals surface area (Å²) in [6.45, 7) is 2.04. The average Bonchev–Trinajstić information content (AvgIpc) is 2.94. The number of thioether (sulfide) groups is 1. The Hall–Kier alpha value is -3.77. The van der Waals surface area contributed by atoms with Gasteiger partial charge in [-0.15, -0.1) is 0 Å². The zero-order chi connectivity index (χ0) is 26.4. The molecule has 0 bridgehead atoms. The van der Waals surface area contributed by atoms with Gasteiger partial charge in [-0.05, 0) is 53.6 Å². The number of carbonyl (C=O) groups is 2. The molecule has 0 aromatic heterocycles. The first-order chi connectivity index (χ1) is 17.9. The largest absolute Gasteiger partial charge is 0.468 e. The van der Waals surface area contributed by atoms with Crippen LogP contribution in [-0.2, 0) is 19.1 Å². The van der Waals surface area contributed by atoms with Crippen molar-refractivity contribution < 1.29 is 19.1 Å². The van der Waals surface area contributed by atoms with Gasteiger partial charge in [0.1, 0.15) is 0 Å². The van der Waals surface area contributed by atoms with Crippen LogP contribution in [0.2, 0.25) is 0 Å². The van der Waals surface area contributed by atoms with Gasteiger partial charge in [0.2, 0.25) is 4.75 Å². The molecule has 0 saturated heterocycles. The Balaban J connectivity index is 1.87. The highest BCUT2D eigenvalue weighted by atomic mass is 32.2. The molecule has 1 atom stereocenters. The first kappa shape index (κ1) is 26.3. The molecule has 0 amide bonds. The summed E-state index contributed by atoms with van der Waals surface area (Å²) in [5.74, 6) is -1.28. The number of rotatable bonds is 9. The Labute approximate surface area is 222 Å². The minimum absolute atomic E-state index is 0.134. The molecule has 0 fully saturated rings. The van der Waals surface area contributed by atoms with Crippen molar-refractivity contribution >= 4 is 40.2 Å². The zero-order valence-electron chi connectivity index (χ0n) is 21.5. The van der Waals surface area contributed by atoms with E-state index in [-0.39, 0.29) is 12.5 Å². The highest BCUT2D eigenvalue weighted by molar-refractivity contribution is 8.02. The number of methoxy groups -OCH3 is 2. The Morgan fingerprint density at radius 1 is 0.811 bits per heavy atom. The lowest BCUT2D eigenvalue weighted by Gasteiger charge is -2.37. The second-order valence-corrected chi connectivity index (χ2v) is 10.4. The number of fused-ring (bicyclic) bond motifs is 1. The summed E-state index contributed by atoms with van der Waals surface area (Å²) in [5.41, 5.74) is 3.10. The third kappa shape index (κ3) is 5.65. The second-order valence-electron chi connectivity index (χ2n) is 9.00. The normalized spacial score (nSPS) is 12.1. The summed E-state index contributed by atoms with van der Waals surface area (Å²) in [6.07, 6.45) is 0.134. The predicted octanol–water partition coefficient (Wildman–Crippen LogP) is 6.59. The minimum Gasteiger partial charge on any atom is -0.468 e. The summed E-state index contributed by atoms with van der Waals surface area (Å²) in [7, 11) is 4.59. The topological polar surface area (TPSA) is 55.8 Å². The van der Waals surface area contributed by atoms with E-state index in [0.717, 1.165) is 32.5 Å². The van der Waals surface area contributed by atoms with Gasteiger partial charge in [-0.25, -0.2) is 9.59 Å². The quantitative estimate of drug-likeness (QED) is 0.143. The molecule has 1 unspecified atom stereocenters. The Bertz CT molecular complexity index is 1360. The minimum atomic E-state index is -1.62. The summed E-state index contributed by atoms with van der Waals surface area (Å²) in [6, 6.07) is 31.6. The molecule has 4 aromatic carbocycles. The average molecular weight is 514 g/mol. The number of hydrogen-bond donors (Lipinski definition) is 0. The lowest BCUT2D eigenvalue weighted by Crippen LogP contribution is -2.48. The van der Waals surface area contributed by atoms with E-state index in [0.29, 0.717) is 0 Å². The van der Waals surface area contributed by atoms with Gasteiger partial charge < -0.3 is 14.4 Å². The number of nitrogens with zero attached hydrogens (tertiary/aromatic N) is 1. The van der Waals surface area contributed by atoms with Crippen LogP contribution in [0.15, 0.2) is 102 Å². The first-order valence-corrected chi connectivity index (χ1v) is 12.9. The van der Waals surface area contributed by atoms with Crippen molar-refractivity contribution in [1.29, 1.82) is 0 Å². The number of hydrogen-bond acceptors (Lipinski definition) is 6. The van der Waals surface area contributed by atoms with Crippen LogP contribution in [0.5, 0.6) is 0 Å². The van der Waals surface area contributed by atoms with Crippen LogP contribution in [-0.4, -0.2) is 38.0 Å². The molecule has 0 N–H and O–H groups in total. The number of aryl methyl sites for hydroxylation is 1. The van der Waals surface area contributed by atoms with E-state index in [4.69, 9.17) is 9.47 Å². The molecular weight excluding hydrogens is 482 g/mol. The fraction of sp³-hybridized carbons (Fsp3) is 0.226. The van der Waals surface area contributed by atoms with E-state index in [1.807, 2.05) is 68.6 Å². The van der Waals surface area contributed by atoms with Crippen LogP contribution in [0, 0.1) is 6.92 Å². The Morgan fingerprint density at radius 2 is 1.41 bits per heavy atom. The molecule has 0 aliphatic carbocycles. The molecule has 0 aliphatic heterocycles. The van der Waals surface area contributed by atoms with E-state index in [2.05, 4.69) is 47.4 Å². The molecule has 0 heterocycles.